The smallest absolute Gasteiger partial charge is 0.215 e. The number of aromatic nitrogens is 1. The van der Waals surface area contributed by atoms with Crippen LogP contribution < -0.4 is 9.47 Å². The SMILES string of the molecule is COc1cc(-c2ccc(Cl)cn2)cc2c1OCCN(S(=O)(=O)C[C@]13CC[C@H](CC1=O)C3(C)C)C2. The number of halogens is 1. The van der Waals surface area contributed by atoms with Crippen LogP contribution in [0.4, 0.5) is 0 Å². The van der Waals surface area contributed by atoms with Crippen molar-refractivity contribution >= 4 is 27.4 Å². The first-order valence-electron chi connectivity index (χ1n) is 11.5. The van der Waals surface area contributed by atoms with Gasteiger partial charge < -0.3 is 9.47 Å². The molecule has 0 saturated heterocycles. The Morgan fingerprint density at radius 2 is 2.09 bits per heavy atom. The second-order valence-corrected chi connectivity index (χ2v) is 12.5. The van der Waals surface area contributed by atoms with Gasteiger partial charge in [-0.2, -0.15) is 4.31 Å². The largest absolute Gasteiger partial charge is 0.493 e. The fourth-order valence-electron chi connectivity index (χ4n) is 6.05. The highest BCUT2D eigenvalue weighted by Crippen LogP contribution is 2.64. The monoisotopic (exact) mass is 504 g/mol. The molecule has 182 valence electrons. The van der Waals surface area contributed by atoms with E-state index in [-0.39, 0.29) is 42.6 Å². The number of hydrogen-bond donors (Lipinski definition) is 0. The fraction of sp³-hybridized carbons (Fsp3) is 0.520. The number of hydrogen-bond acceptors (Lipinski definition) is 6. The van der Waals surface area contributed by atoms with E-state index in [1.165, 1.54) is 4.31 Å². The van der Waals surface area contributed by atoms with Gasteiger partial charge in [-0.15, -0.1) is 0 Å². The number of ether oxygens (including phenoxy) is 2. The molecule has 2 saturated carbocycles. The third-order valence-electron chi connectivity index (χ3n) is 8.27. The maximum atomic E-state index is 13.7. The lowest BCUT2D eigenvalue weighted by molar-refractivity contribution is -0.128. The fourth-order valence-corrected chi connectivity index (χ4v) is 8.34. The third-order valence-corrected chi connectivity index (χ3v) is 10.4. The van der Waals surface area contributed by atoms with Crippen molar-refractivity contribution < 1.29 is 22.7 Å². The molecule has 0 radical (unpaired) electrons. The lowest BCUT2D eigenvalue weighted by Gasteiger charge is -2.37. The Labute approximate surface area is 205 Å². The highest BCUT2D eigenvalue weighted by molar-refractivity contribution is 7.89. The molecule has 2 atom stereocenters. The van der Waals surface area contributed by atoms with Crippen molar-refractivity contribution in [1.82, 2.24) is 9.29 Å². The molecule has 3 aliphatic rings. The van der Waals surface area contributed by atoms with Crippen molar-refractivity contribution in [1.29, 1.82) is 0 Å². The van der Waals surface area contributed by atoms with Crippen molar-refractivity contribution in [2.45, 2.75) is 39.7 Å². The average molecular weight is 505 g/mol. The molecule has 2 aliphatic carbocycles. The van der Waals surface area contributed by atoms with Crippen LogP contribution in [0.25, 0.3) is 11.3 Å². The van der Waals surface area contributed by atoms with E-state index in [0.29, 0.717) is 40.6 Å². The Bertz CT molecular complexity index is 1240. The molecule has 2 heterocycles. The number of nitrogens with zero attached hydrogens (tertiary/aromatic N) is 2. The molecule has 1 aliphatic heterocycles. The van der Waals surface area contributed by atoms with Crippen molar-refractivity contribution in [3.63, 3.8) is 0 Å². The van der Waals surface area contributed by atoms with Gasteiger partial charge >= 0.3 is 0 Å². The number of fused-ring (bicyclic) bond motifs is 3. The summed E-state index contributed by atoms with van der Waals surface area (Å²) in [6.07, 6.45) is 3.61. The lowest BCUT2D eigenvalue weighted by Crippen LogP contribution is -2.46. The van der Waals surface area contributed by atoms with Crippen LogP contribution in [-0.2, 0) is 21.4 Å². The molecule has 0 amide bonds. The maximum Gasteiger partial charge on any atom is 0.215 e. The molecule has 0 spiro atoms. The van der Waals surface area contributed by atoms with Crippen molar-refractivity contribution in [2.75, 3.05) is 26.0 Å². The topological polar surface area (TPSA) is 85.8 Å². The van der Waals surface area contributed by atoms with Gasteiger partial charge in [0.2, 0.25) is 10.0 Å². The van der Waals surface area contributed by atoms with Crippen LogP contribution >= 0.6 is 11.6 Å². The third kappa shape index (κ3) is 3.62. The molecule has 2 fully saturated rings. The second kappa shape index (κ2) is 8.21. The number of Topliss-reactive ketones (excluding diaryl/α,β-unsaturated/α-hetero) is 1. The number of benzene rings is 1. The Kier molecular flexibility index (Phi) is 5.69. The van der Waals surface area contributed by atoms with Gasteiger partial charge in [-0.1, -0.05) is 25.4 Å². The Hall–Kier alpha value is -2.16. The minimum absolute atomic E-state index is 0.0987. The normalized spacial score (nSPS) is 26.1. The zero-order valence-electron chi connectivity index (χ0n) is 19.6. The van der Waals surface area contributed by atoms with E-state index < -0.39 is 15.4 Å². The molecule has 5 rings (SSSR count). The van der Waals surface area contributed by atoms with Gasteiger partial charge in [0.1, 0.15) is 12.4 Å². The van der Waals surface area contributed by atoms with Gasteiger partial charge in [0.15, 0.2) is 11.5 Å². The standard InChI is InChI=1S/C25H29ClN2O5S/c1-24(2)18-6-7-25(24,22(29)12-18)15-34(30,31)28-8-9-33-23-17(14-28)10-16(11-21(23)32-3)20-5-4-19(26)13-27-20/h4-5,10-11,13,18H,6-9,12,14-15H2,1-3H3/t18-,25-/m1/s1. The van der Waals surface area contributed by atoms with Crippen molar-refractivity contribution in [2.24, 2.45) is 16.7 Å². The molecular weight excluding hydrogens is 476 g/mol. The van der Waals surface area contributed by atoms with E-state index in [2.05, 4.69) is 18.8 Å². The summed E-state index contributed by atoms with van der Waals surface area (Å²) in [5.41, 5.74) is 1.05. The molecule has 1 aromatic heterocycles. The minimum atomic E-state index is -3.72. The quantitative estimate of drug-likeness (QED) is 0.602. The number of rotatable bonds is 5. The van der Waals surface area contributed by atoms with E-state index in [9.17, 15) is 13.2 Å². The number of methoxy groups -OCH3 is 1. The lowest BCUT2D eigenvalue weighted by atomic mass is 9.70. The van der Waals surface area contributed by atoms with E-state index in [4.69, 9.17) is 21.1 Å². The number of ketones is 1. The summed E-state index contributed by atoms with van der Waals surface area (Å²) in [4.78, 5) is 17.4. The first kappa shape index (κ1) is 23.6. The van der Waals surface area contributed by atoms with Crippen LogP contribution in [0.2, 0.25) is 5.02 Å². The van der Waals surface area contributed by atoms with Gasteiger partial charge in [-0.05, 0) is 48.4 Å². The minimum Gasteiger partial charge on any atom is -0.493 e. The highest BCUT2D eigenvalue weighted by atomic mass is 35.5. The summed E-state index contributed by atoms with van der Waals surface area (Å²) in [6, 6.07) is 7.27. The number of sulfonamides is 1. The Balaban J connectivity index is 1.49. The number of pyridine rings is 1. The van der Waals surface area contributed by atoms with Gasteiger partial charge in [0.05, 0.1) is 23.6 Å². The summed E-state index contributed by atoms with van der Waals surface area (Å²) in [5, 5.41) is 0.531. The first-order valence-corrected chi connectivity index (χ1v) is 13.5. The molecule has 9 heteroatoms. The van der Waals surface area contributed by atoms with Crippen molar-refractivity contribution in [3.8, 4) is 22.8 Å². The molecular formula is C25H29ClN2O5S. The predicted molar refractivity (Wildman–Crippen MR) is 129 cm³/mol. The molecule has 0 N–H and O–H groups in total. The molecule has 2 aromatic rings. The first-order chi connectivity index (χ1) is 16.1. The Morgan fingerprint density at radius 1 is 1.29 bits per heavy atom. The molecule has 2 bridgehead atoms. The Morgan fingerprint density at radius 3 is 2.71 bits per heavy atom. The predicted octanol–water partition coefficient (Wildman–Crippen LogP) is 4.33. The van der Waals surface area contributed by atoms with Crippen LogP contribution in [0.1, 0.15) is 38.7 Å². The van der Waals surface area contributed by atoms with Gasteiger partial charge in [0, 0.05) is 42.2 Å². The highest BCUT2D eigenvalue weighted by Gasteiger charge is 2.65. The van der Waals surface area contributed by atoms with Gasteiger partial charge in [-0.3, -0.25) is 9.78 Å². The molecule has 1 aromatic carbocycles. The molecule has 0 unspecified atom stereocenters. The van der Waals surface area contributed by atoms with Crippen LogP contribution in [-0.4, -0.2) is 49.5 Å². The van der Waals surface area contributed by atoms with Gasteiger partial charge in [-0.25, -0.2) is 8.42 Å². The van der Waals surface area contributed by atoms with E-state index in [0.717, 1.165) is 12.0 Å². The summed E-state index contributed by atoms with van der Waals surface area (Å²) < 4.78 is 40.4. The van der Waals surface area contributed by atoms with Crippen LogP contribution in [0.5, 0.6) is 11.5 Å². The number of carbonyl (C=O) groups excluding carboxylic acids is 1. The van der Waals surface area contributed by atoms with Crippen LogP contribution in [0.15, 0.2) is 30.5 Å². The van der Waals surface area contributed by atoms with E-state index >= 15 is 0 Å². The summed E-state index contributed by atoms with van der Waals surface area (Å²) >= 11 is 5.99. The average Bonchev–Trinajstić information content (AvgIpc) is 3.03. The maximum absolute atomic E-state index is 13.7. The van der Waals surface area contributed by atoms with Gasteiger partial charge in [0.25, 0.3) is 0 Å². The summed E-state index contributed by atoms with van der Waals surface area (Å²) in [7, 11) is -2.17. The molecule has 34 heavy (non-hydrogen) atoms. The summed E-state index contributed by atoms with van der Waals surface area (Å²) in [5.74, 6) is 1.28. The van der Waals surface area contributed by atoms with E-state index in [1.54, 1.807) is 25.4 Å². The zero-order chi connectivity index (χ0) is 24.3. The van der Waals surface area contributed by atoms with Crippen LogP contribution in [0, 0.1) is 16.7 Å². The number of carbonyl (C=O) groups is 1. The summed E-state index contributed by atoms with van der Waals surface area (Å²) in [6.45, 7) is 4.67. The zero-order valence-corrected chi connectivity index (χ0v) is 21.2. The van der Waals surface area contributed by atoms with Crippen LogP contribution in [0.3, 0.4) is 0 Å². The molecule has 7 nitrogen and oxygen atoms in total. The van der Waals surface area contributed by atoms with E-state index in [1.807, 2.05) is 12.1 Å². The second-order valence-electron chi connectivity index (χ2n) is 10.1. The van der Waals surface area contributed by atoms with Crippen molar-refractivity contribution in [3.05, 3.63) is 41.0 Å².